The van der Waals surface area contributed by atoms with Crippen molar-refractivity contribution >= 4 is 11.7 Å². The summed E-state index contributed by atoms with van der Waals surface area (Å²) in [6, 6.07) is 11.7. The van der Waals surface area contributed by atoms with Crippen LogP contribution in [0, 0.1) is 5.92 Å². The van der Waals surface area contributed by atoms with Crippen molar-refractivity contribution in [2.24, 2.45) is 5.92 Å². The van der Waals surface area contributed by atoms with Crippen LogP contribution in [0.25, 0.3) is 0 Å². The molecule has 194 valence electrons. The van der Waals surface area contributed by atoms with Crippen LogP contribution in [0.2, 0.25) is 0 Å². The number of aryl methyl sites for hydroxylation is 2. The number of nitrogens with zero attached hydrogens (tertiary/aromatic N) is 1. The van der Waals surface area contributed by atoms with Gasteiger partial charge in [0.15, 0.2) is 5.78 Å². The van der Waals surface area contributed by atoms with Gasteiger partial charge in [0, 0.05) is 18.7 Å². The smallest absolute Gasteiger partial charge is 0.263 e. The zero-order chi connectivity index (χ0) is 25.5. The van der Waals surface area contributed by atoms with E-state index in [1.54, 1.807) is 13.8 Å². The van der Waals surface area contributed by atoms with E-state index < -0.39 is 11.4 Å². The minimum Gasteiger partial charge on any atom is -0.340 e. The number of carbonyl (C=O) groups excluding carboxylic acids is 2. The van der Waals surface area contributed by atoms with Crippen LogP contribution >= 0.6 is 0 Å². The van der Waals surface area contributed by atoms with E-state index in [1.165, 1.54) is 32.1 Å². The zero-order valence-electron chi connectivity index (χ0n) is 22.1. The Morgan fingerprint density at radius 1 is 0.944 bits per heavy atom. The third-order valence-electron chi connectivity index (χ3n) is 8.12. The molecule has 1 N–H and O–H groups in total. The summed E-state index contributed by atoms with van der Waals surface area (Å²) < 4.78 is 1.94. The molecule has 1 aromatic carbocycles. The van der Waals surface area contributed by atoms with Crippen LogP contribution in [0.3, 0.4) is 0 Å². The Morgan fingerprint density at radius 2 is 1.61 bits per heavy atom. The lowest BCUT2D eigenvalue weighted by molar-refractivity contribution is -0.123. The van der Waals surface area contributed by atoms with Crippen molar-refractivity contribution in [3.8, 4) is 0 Å². The Balaban J connectivity index is 1.56. The van der Waals surface area contributed by atoms with Gasteiger partial charge in [-0.3, -0.25) is 14.4 Å². The van der Waals surface area contributed by atoms with Gasteiger partial charge in [-0.05, 0) is 81.9 Å². The third-order valence-corrected chi connectivity index (χ3v) is 8.12. The molecule has 2 aromatic rings. The van der Waals surface area contributed by atoms with Crippen molar-refractivity contribution in [1.82, 2.24) is 9.88 Å². The molecule has 5 heteroatoms. The van der Waals surface area contributed by atoms with Gasteiger partial charge in [-0.15, -0.1) is 0 Å². The number of rotatable bonds is 8. The Bertz CT molecular complexity index is 1110. The van der Waals surface area contributed by atoms with Crippen LogP contribution in [-0.4, -0.2) is 21.8 Å². The van der Waals surface area contributed by atoms with Gasteiger partial charge in [0.2, 0.25) is 0 Å². The van der Waals surface area contributed by atoms with Crippen LogP contribution in [0.1, 0.15) is 105 Å². The molecule has 0 aliphatic heterocycles. The average Bonchev–Trinajstić information content (AvgIpc) is 2.86. The van der Waals surface area contributed by atoms with E-state index in [0.29, 0.717) is 25.3 Å². The maximum absolute atomic E-state index is 13.7. The van der Waals surface area contributed by atoms with Crippen LogP contribution < -0.4 is 10.9 Å². The summed E-state index contributed by atoms with van der Waals surface area (Å²) in [5.74, 6) is 0.0362. The lowest BCUT2D eigenvalue weighted by Crippen LogP contribution is -2.51. The Labute approximate surface area is 215 Å². The van der Waals surface area contributed by atoms with Gasteiger partial charge in [0.1, 0.15) is 5.56 Å². The Morgan fingerprint density at radius 3 is 2.33 bits per heavy atom. The molecular weight excluding hydrogens is 448 g/mol. The largest absolute Gasteiger partial charge is 0.340 e. The van der Waals surface area contributed by atoms with Crippen molar-refractivity contribution in [1.29, 1.82) is 0 Å². The molecule has 0 bridgehead atoms. The molecule has 36 heavy (non-hydrogen) atoms. The average molecular weight is 491 g/mol. The number of hydrogen-bond donors (Lipinski definition) is 1. The Hall–Kier alpha value is -2.69. The van der Waals surface area contributed by atoms with Crippen LogP contribution in [-0.2, 0) is 30.6 Å². The van der Waals surface area contributed by atoms with Crippen molar-refractivity contribution in [3.05, 3.63) is 69.1 Å². The topological polar surface area (TPSA) is 68.2 Å². The maximum atomic E-state index is 13.7. The standard InChI is InChI=1S/C31H42N2O3/c1-31(2,28(34)20-19-23-13-7-5-8-14-23)32-29(35)26-21-25-17-11-3-4-12-18-27(25)33(30(26)36)22-24-15-9-6-10-16-24/h5,7-8,13-14,21,24H,3-4,6,9-12,15-20,22H2,1-2H3,(H,32,35). The van der Waals surface area contributed by atoms with E-state index in [0.717, 1.165) is 55.3 Å². The molecule has 2 aliphatic rings. The molecule has 4 rings (SSSR count). The predicted molar refractivity (Wildman–Crippen MR) is 144 cm³/mol. The SMILES string of the molecule is CC(C)(NC(=O)c1cc2c(n(CC3CCCCC3)c1=O)CCCCCC2)C(=O)CCc1ccccc1. The molecule has 1 fully saturated rings. The summed E-state index contributed by atoms with van der Waals surface area (Å²) in [6.45, 7) is 4.19. The molecule has 1 heterocycles. The van der Waals surface area contributed by atoms with Gasteiger partial charge in [0.25, 0.3) is 11.5 Å². The second kappa shape index (κ2) is 12.0. The van der Waals surface area contributed by atoms with E-state index in [9.17, 15) is 14.4 Å². The fourth-order valence-electron chi connectivity index (χ4n) is 5.85. The molecule has 0 unspecified atom stereocenters. The van der Waals surface area contributed by atoms with Gasteiger partial charge in [-0.25, -0.2) is 0 Å². The summed E-state index contributed by atoms with van der Waals surface area (Å²) in [5, 5.41) is 2.91. The summed E-state index contributed by atoms with van der Waals surface area (Å²) in [6.07, 6.45) is 13.4. The number of Topliss-reactive ketones (excluding diaryl/α,β-unsaturated/α-hetero) is 1. The highest BCUT2D eigenvalue weighted by atomic mass is 16.2. The zero-order valence-corrected chi connectivity index (χ0v) is 22.1. The molecule has 1 aromatic heterocycles. The molecule has 1 amide bonds. The van der Waals surface area contributed by atoms with Gasteiger partial charge in [-0.2, -0.15) is 0 Å². The maximum Gasteiger partial charge on any atom is 0.263 e. The molecule has 1 saturated carbocycles. The minimum absolute atomic E-state index is 0.0338. The molecular formula is C31H42N2O3. The summed E-state index contributed by atoms with van der Waals surface area (Å²) in [5.41, 5.74) is 2.33. The highest BCUT2D eigenvalue weighted by molar-refractivity contribution is 5.99. The number of aromatic nitrogens is 1. The first-order chi connectivity index (χ1) is 17.3. The second-order valence-electron chi connectivity index (χ2n) is 11.4. The van der Waals surface area contributed by atoms with Crippen LogP contribution in [0.5, 0.6) is 0 Å². The molecule has 0 atom stereocenters. The number of amides is 1. The first-order valence-corrected chi connectivity index (χ1v) is 14.0. The number of pyridine rings is 1. The number of fused-ring (bicyclic) bond motifs is 1. The van der Waals surface area contributed by atoms with Crippen LogP contribution in [0.15, 0.2) is 41.2 Å². The van der Waals surface area contributed by atoms with Crippen molar-refractivity contribution < 1.29 is 9.59 Å². The summed E-state index contributed by atoms with van der Waals surface area (Å²) in [4.78, 5) is 40.2. The normalized spacial score (nSPS) is 17.1. The first kappa shape index (κ1) is 26.4. The molecule has 5 nitrogen and oxygen atoms in total. The number of benzene rings is 1. The lowest BCUT2D eigenvalue weighted by atomic mass is 9.88. The molecule has 0 spiro atoms. The number of nitrogens with one attached hydrogen (secondary N) is 1. The van der Waals surface area contributed by atoms with Gasteiger partial charge in [0.05, 0.1) is 5.54 Å². The van der Waals surface area contributed by atoms with Gasteiger partial charge < -0.3 is 9.88 Å². The van der Waals surface area contributed by atoms with Crippen molar-refractivity contribution in [2.45, 2.75) is 109 Å². The third kappa shape index (κ3) is 6.54. The molecule has 2 aliphatic carbocycles. The number of hydrogen-bond acceptors (Lipinski definition) is 3. The highest BCUT2D eigenvalue weighted by Gasteiger charge is 2.31. The van der Waals surface area contributed by atoms with E-state index >= 15 is 0 Å². The number of ketones is 1. The molecule has 0 radical (unpaired) electrons. The lowest BCUT2D eigenvalue weighted by Gasteiger charge is -2.28. The molecule has 0 saturated heterocycles. The van der Waals surface area contributed by atoms with E-state index in [2.05, 4.69) is 5.32 Å². The van der Waals surface area contributed by atoms with E-state index in [1.807, 2.05) is 41.0 Å². The summed E-state index contributed by atoms with van der Waals surface area (Å²) in [7, 11) is 0. The highest BCUT2D eigenvalue weighted by Crippen LogP contribution is 2.27. The second-order valence-corrected chi connectivity index (χ2v) is 11.4. The van der Waals surface area contributed by atoms with E-state index in [-0.39, 0.29) is 16.9 Å². The fourth-order valence-corrected chi connectivity index (χ4v) is 5.85. The minimum atomic E-state index is -1.04. The van der Waals surface area contributed by atoms with Gasteiger partial charge >= 0.3 is 0 Å². The van der Waals surface area contributed by atoms with Crippen molar-refractivity contribution in [2.75, 3.05) is 0 Å². The first-order valence-electron chi connectivity index (χ1n) is 14.0. The van der Waals surface area contributed by atoms with Crippen molar-refractivity contribution in [3.63, 3.8) is 0 Å². The summed E-state index contributed by atoms with van der Waals surface area (Å²) >= 11 is 0. The van der Waals surface area contributed by atoms with Crippen LogP contribution in [0.4, 0.5) is 0 Å². The predicted octanol–water partition coefficient (Wildman–Crippen LogP) is 5.80. The van der Waals surface area contributed by atoms with E-state index in [4.69, 9.17) is 0 Å². The number of carbonyl (C=O) groups is 2. The monoisotopic (exact) mass is 490 g/mol. The quantitative estimate of drug-likeness (QED) is 0.509. The Kier molecular flexibility index (Phi) is 8.81. The van der Waals surface area contributed by atoms with Gasteiger partial charge in [-0.1, -0.05) is 62.4 Å². The fraction of sp³-hybridized carbons (Fsp3) is 0.581.